The number of benzene rings is 1. The van der Waals surface area contributed by atoms with Crippen molar-refractivity contribution < 1.29 is 24.5 Å². The number of carbonyl (C=O) groups is 2. The van der Waals surface area contributed by atoms with Gasteiger partial charge in [-0.05, 0) is 34.1 Å². The summed E-state index contributed by atoms with van der Waals surface area (Å²) in [4.78, 5) is 22.0. The van der Waals surface area contributed by atoms with Gasteiger partial charge in [0.2, 0.25) is 0 Å². The summed E-state index contributed by atoms with van der Waals surface area (Å²) in [6, 6.07) is 3.82. The fourth-order valence-electron chi connectivity index (χ4n) is 1.16. The van der Waals surface area contributed by atoms with Gasteiger partial charge in [0.1, 0.15) is 11.8 Å². The van der Waals surface area contributed by atoms with Crippen LogP contribution < -0.4 is 10.1 Å². The first-order valence-electron chi connectivity index (χ1n) is 5.15. The summed E-state index contributed by atoms with van der Waals surface area (Å²) < 4.78 is 6.73. The quantitative estimate of drug-likeness (QED) is 0.670. The van der Waals surface area contributed by atoms with Crippen molar-refractivity contribution in [1.29, 1.82) is 0 Å². The molecule has 6 nitrogen and oxygen atoms in total. The zero-order chi connectivity index (χ0) is 14.4. The minimum Gasteiger partial charge on any atom is -0.483 e. The Morgan fingerprint density at radius 2 is 2.05 bits per heavy atom. The van der Waals surface area contributed by atoms with Crippen LogP contribution in [0, 0.1) is 0 Å². The number of aliphatic carboxylic acids is 1. The van der Waals surface area contributed by atoms with E-state index in [1.807, 2.05) is 0 Å². The molecule has 0 saturated heterocycles. The highest BCUT2D eigenvalue weighted by Crippen LogP contribution is 2.27. The number of amides is 1. The highest BCUT2D eigenvalue weighted by Gasteiger charge is 2.18. The molecule has 0 aromatic heterocycles. The molecule has 104 valence electrons. The van der Waals surface area contributed by atoms with Gasteiger partial charge in [-0.15, -0.1) is 0 Å². The topological polar surface area (TPSA) is 95.9 Å². The number of hydrogen-bond donors (Lipinski definition) is 3. The van der Waals surface area contributed by atoms with Gasteiger partial charge in [-0.2, -0.15) is 0 Å². The summed E-state index contributed by atoms with van der Waals surface area (Å²) in [5.41, 5.74) is 0. The van der Waals surface area contributed by atoms with Crippen LogP contribution in [0.1, 0.15) is 0 Å². The Hall–Kier alpha value is -1.12. The fraction of sp³-hybridized carbons (Fsp3) is 0.273. The zero-order valence-corrected chi connectivity index (χ0v) is 12.8. The molecule has 1 amide bonds. The van der Waals surface area contributed by atoms with E-state index in [0.29, 0.717) is 10.2 Å². The molecule has 3 N–H and O–H groups in total. The van der Waals surface area contributed by atoms with E-state index in [2.05, 4.69) is 37.2 Å². The first-order valence-corrected chi connectivity index (χ1v) is 6.73. The number of hydrogen-bond acceptors (Lipinski definition) is 4. The normalized spacial score (nSPS) is 11.7. The Bertz CT molecular complexity index is 480. The second-order valence-electron chi connectivity index (χ2n) is 3.50. The Kier molecular flexibility index (Phi) is 6.26. The lowest BCUT2D eigenvalue weighted by Crippen LogP contribution is -2.45. The van der Waals surface area contributed by atoms with Crippen molar-refractivity contribution in [3.05, 3.63) is 27.1 Å². The van der Waals surface area contributed by atoms with Crippen molar-refractivity contribution in [3.8, 4) is 5.75 Å². The molecule has 1 rings (SSSR count). The summed E-state index contributed by atoms with van der Waals surface area (Å²) in [6.45, 7) is -1.02. The predicted molar refractivity (Wildman–Crippen MR) is 74.0 cm³/mol. The molecule has 19 heavy (non-hydrogen) atoms. The van der Waals surface area contributed by atoms with Gasteiger partial charge in [-0.3, -0.25) is 4.79 Å². The van der Waals surface area contributed by atoms with E-state index < -0.39 is 24.5 Å². The molecule has 0 bridgehead atoms. The van der Waals surface area contributed by atoms with Crippen LogP contribution in [0.15, 0.2) is 27.1 Å². The van der Waals surface area contributed by atoms with Gasteiger partial charge in [0, 0.05) is 4.47 Å². The maximum atomic E-state index is 11.4. The van der Waals surface area contributed by atoms with Crippen molar-refractivity contribution in [3.63, 3.8) is 0 Å². The molecule has 1 aromatic rings. The second kappa shape index (κ2) is 7.46. The largest absolute Gasteiger partial charge is 0.483 e. The molecule has 0 saturated carbocycles. The number of ether oxygens (including phenoxy) is 1. The molecule has 0 aliphatic rings. The van der Waals surface area contributed by atoms with Gasteiger partial charge in [0.15, 0.2) is 6.61 Å². The number of carboxylic acid groups (broad SMARTS) is 1. The van der Waals surface area contributed by atoms with Crippen LogP contribution in [0.25, 0.3) is 0 Å². The summed E-state index contributed by atoms with van der Waals surface area (Å²) in [5.74, 6) is -1.48. The monoisotopic (exact) mass is 395 g/mol. The Labute approximate surface area is 126 Å². The van der Waals surface area contributed by atoms with Gasteiger partial charge < -0.3 is 20.3 Å². The minimum atomic E-state index is -1.33. The van der Waals surface area contributed by atoms with Crippen molar-refractivity contribution in [2.75, 3.05) is 13.2 Å². The minimum absolute atomic E-state index is 0.343. The van der Waals surface area contributed by atoms with Gasteiger partial charge in [0.25, 0.3) is 5.91 Å². The standard InChI is InChI=1S/C11H11Br2NO5/c12-6-1-2-9(7(13)3-6)19-5-10(16)14-8(4-15)11(17)18/h1-3,8,15H,4-5H2,(H,14,16)(H,17,18). The van der Waals surface area contributed by atoms with Crippen LogP contribution >= 0.6 is 31.9 Å². The number of rotatable bonds is 6. The van der Waals surface area contributed by atoms with Gasteiger partial charge >= 0.3 is 5.97 Å². The van der Waals surface area contributed by atoms with E-state index in [0.717, 1.165) is 4.47 Å². The number of carboxylic acids is 1. The summed E-state index contributed by atoms with van der Waals surface area (Å²) in [5, 5.41) is 19.5. The SMILES string of the molecule is O=C(COc1ccc(Br)cc1Br)NC(CO)C(=O)O. The summed E-state index contributed by atoms with van der Waals surface area (Å²) in [6.07, 6.45) is 0. The van der Waals surface area contributed by atoms with E-state index in [1.165, 1.54) is 0 Å². The van der Waals surface area contributed by atoms with E-state index in [9.17, 15) is 9.59 Å². The van der Waals surface area contributed by atoms with Crippen molar-refractivity contribution in [1.82, 2.24) is 5.32 Å². The van der Waals surface area contributed by atoms with Gasteiger partial charge in [0.05, 0.1) is 11.1 Å². The fourth-order valence-corrected chi connectivity index (χ4v) is 2.32. The van der Waals surface area contributed by atoms with Gasteiger partial charge in [-0.25, -0.2) is 4.79 Å². The van der Waals surface area contributed by atoms with Crippen LogP contribution in [0.2, 0.25) is 0 Å². The van der Waals surface area contributed by atoms with Crippen LogP contribution in [0.4, 0.5) is 0 Å². The molecule has 0 heterocycles. The molecule has 0 spiro atoms. The summed E-state index contributed by atoms with van der Waals surface area (Å²) in [7, 11) is 0. The Balaban J connectivity index is 2.52. The molecule has 0 aliphatic heterocycles. The predicted octanol–water partition coefficient (Wildman–Crippen LogP) is 1.15. The van der Waals surface area contributed by atoms with Crippen LogP contribution in [-0.2, 0) is 9.59 Å². The van der Waals surface area contributed by atoms with E-state index in [4.69, 9.17) is 14.9 Å². The van der Waals surface area contributed by atoms with E-state index in [1.54, 1.807) is 18.2 Å². The molecule has 1 unspecified atom stereocenters. The maximum absolute atomic E-state index is 11.4. The summed E-state index contributed by atoms with van der Waals surface area (Å²) >= 11 is 6.54. The smallest absolute Gasteiger partial charge is 0.328 e. The van der Waals surface area contributed by atoms with Gasteiger partial charge in [-0.1, -0.05) is 15.9 Å². The third kappa shape index (κ3) is 5.17. The van der Waals surface area contributed by atoms with E-state index in [-0.39, 0.29) is 6.61 Å². The van der Waals surface area contributed by atoms with Crippen molar-refractivity contribution in [2.24, 2.45) is 0 Å². The molecule has 8 heteroatoms. The lowest BCUT2D eigenvalue weighted by atomic mass is 10.3. The molecule has 1 aromatic carbocycles. The average molecular weight is 397 g/mol. The number of carbonyl (C=O) groups excluding carboxylic acids is 1. The van der Waals surface area contributed by atoms with Crippen LogP contribution in [-0.4, -0.2) is 41.3 Å². The number of aliphatic hydroxyl groups is 1. The lowest BCUT2D eigenvalue weighted by Gasteiger charge is -2.12. The first kappa shape index (κ1) is 15.9. The van der Waals surface area contributed by atoms with Crippen molar-refractivity contribution in [2.45, 2.75) is 6.04 Å². The lowest BCUT2D eigenvalue weighted by molar-refractivity contribution is -0.143. The van der Waals surface area contributed by atoms with E-state index >= 15 is 0 Å². The molecule has 0 aliphatic carbocycles. The highest BCUT2D eigenvalue weighted by atomic mass is 79.9. The number of nitrogens with one attached hydrogen (secondary N) is 1. The molecule has 0 radical (unpaired) electrons. The molecular weight excluding hydrogens is 386 g/mol. The third-order valence-corrected chi connectivity index (χ3v) is 3.18. The number of halogens is 2. The van der Waals surface area contributed by atoms with Crippen LogP contribution in [0.5, 0.6) is 5.75 Å². The molecule has 0 fully saturated rings. The Morgan fingerprint density at radius 1 is 1.37 bits per heavy atom. The Morgan fingerprint density at radius 3 is 2.58 bits per heavy atom. The first-order chi connectivity index (χ1) is 8.93. The highest BCUT2D eigenvalue weighted by molar-refractivity contribution is 9.11. The molecular formula is C11H11Br2NO5. The number of aliphatic hydroxyl groups excluding tert-OH is 1. The zero-order valence-electron chi connectivity index (χ0n) is 9.60. The average Bonchev–Trinajstić information content (AvgIpc) is 2.34. The van der Waals surface area contributed by atoms with Crippen molar-refractivity contribution >= 4 is 43.7 Å². The second-order valence-corrected chi connectivity index (χ2v) is 5.27. The molecule has 1 atom stereocenters. The maximum Gasteiger partial charge on any atom is 0.328 e. The third-order valence-electron chi connectivity index (χ3n) is 2.07. The van der Waals surface area contributed by atoms with Crippen LogP contribution in [0.3, 0.4) is 0 Å².